The molecule has 0 unspecified atom stereocenters. The third-order valence-corrected chi connectivity index (χ3v) is 2.42. The number of carbonyl (C=O) groups is 1. The lowest BCUT2D eigenvalue weighted by Gasteiger charge is -2.17. The highest BCUT2D eigenvalue weighted by atomic mass is 79.9. The molecule has 84 valence electrons. The molecule has 1 heterocycles. The maximum Gasteiger partial charge on any atom is 0.303 e. The molecular formula is C10H15BrN2O2. The van der Waals surface area contributed by atoms with Gasteiger partial charge in [-0.25, -0.2) is 4.98 Å². The average Bonchev–Trinajstić information content (AvgIpc) is 2.42. The number of hydrogen-bond acceptors (Lipinski definition) is 2. The van der Waals surface area contributed by atoms with E-state index in [2.05, 4.69) is 46.7 Å². The molecule has 0 aliphatic carbocycles. The van der Waals surface area contributed by atoms with Crippen molar-refractivity contribution < 1.29 is 9.90 Å². The minimum absolute atomic E-state index is 0.0731. The summed E-state index contributed by atoms with van der Waals surface area (Å²) < 4.78 is 0.660. The highest BCUT2D eigenvalue weighted by molar-refractivity contribution is 9.10. The molecule has 0 aromatic carbocycles. The van der Waals surface area contributed by atoms with Crippen LogP contribution in [0.4, 0.5) is 0 Å². The first-order valence-corrected chi connectivity index (χ1v) is 5.56. The maximum atomic E-state index is 10.5. The van der Waals surface area contributed by atoms with E-state index in [9.17, 15) is 4.79 Å². The van der Waals surface area contributed by atoms with Gasteiger partial charge in [-0.05, 0) is 22.4 Å². The van der Waals surface area contributed by atoms with Crippen molar-refractivity contribution in [3.05, 3.63) is 16.1 Å². The van der Waals surface area contributed by atoms with E-state index >= 15 is 0 Å². The monoisotopic (exact) mass is 274 g/mol. The Bertz CT molecular complexity index is 366. The number of aromatic amines is 1. The molecule has 0 saturated carbocycles. The fraction of sp³-hybridized carbons (Fsp3) is 0.600. The lowest BCUT2D eigenvalue weighted by Crippen LogP contribution is -2.15. The second-order valence-corrected chi connectivity index (χ2v) is 5.25. The fourth-order valence-corrected chi connectivity index (χ4v) is 1.83. The number of aliphatic carboxylic acids is 1. The van der Waals surface area contributed by atoms with Crippen molar-refractivity contribution in [1.29, 1.82) is 0 Å². The van der Waals surface area contributed by atoms with Crippen LogP contribution in [0.3, 0.4) is 0 Å². The number of hydrogen-bond donors (Lipinski definition) is 2. The Kier molecular flexibility index (Phi) is 3.54. The number of imidazole rings is 1. The standard InChI is InChI=1S/C10H15BrN2O2/c1-10(2,3)8-6(4-5-7(14)15)12-9(11)13-8/h4-5H2,1-3H3,(H,12,13)(H,14,15). The van der Waals surface area contributed by atoms with Gasteiger partial charge >= 0.3 is 5.97 Å². The number of nitrogens with zero attached hydrogens (tertiary/aromatic N) is 1. The van der Waals surface area contributed by atoms with Crippen LogP contribution < -0.4 is 0 Å². The molecule has 4 nitrogen and oxygen atoms in total. The van der Waals surface area contributed by atoms with Crippen molar-refractivity contribution in [2.45, 2.75) is 39.0 Å². The SMILES string of the molecule is CC(C)(C)c1nc(Br)[nH]c1CCC(=O)O. The molecule has 15 heavy (non-hydrogen) atoms. The molecule has 0 aliphatic rings. The van der Waals surface area contributed by atoms with Gasteiger partial charge in [-0.3, -0.25) is 4.79 Å². The zero-order valence-electron chi connectivity index (χ0n) is 9.09. The van der Waals surface area contributed by atoms with Crippen molar-refractivity contribution in [2.75, 3.05) is 0 Å². The minimum Gasteiger partial charge on any atom is -0.481 e. The van der Waals surface area contributed by atoms with Crippen molar-refractivity contribution in [3.63, 3.8) is 0 Å². The molecule has 0 fully saturated rings. The van der Waals surface area contributed by atoms with Gasteiger partial charge in [0.05, 0.1) is 12.1 Å². The number of carboxylic acid groups (broad SMARTS) is 1. The van der Waals surface area contributed by atoms with Gasteiger partial charge in [-0.2, -0.15) is 0 Å². The van der Waals surface area contributed by atoms with Crippen LogP contribution in [0, 0.1) is 0 Å². The number of nitrogens with one attached hydrogen (secondary N) is 1. The van der Waals surface area contributed by atoms with Gasteiger partial charge in [0.25, 0.3) is 0 Å². The topological polar surface area (TPSA) is 66.0 Å². The smallest absolute Gasteiger partial charge is 0.303 e. The van der Waals surface area contributed by atoms with Crippen LogP contribution >= 0.6 is 15.9 Å². The fourth-order valence-electron chi connectivity index (χ4n) is 1.41. The summed E-state index contributed by atoms with van der Waals surface area (Å²) in [5, 5.41) is 8.63. The van der Waals surface area contributed by atoms with E-state index in [0.29, 0.717) is 11.2 Å². The Morgan fingerprint density at radius 1 is 1.53 bits per heavy atom. The molecule has 2 N–H and O–H groups in total. The van der Waals surface area contributed by atoms with Gasteiger partial charge in [-0.15, -0.1) is 0 Å². The molecule has 0 spiro atoms. The summed E-state index contributed by atoms with van der Waals surface area (Å²) in [5.74, 6) is -0.791. The van der Waals surface area contributed by atoms with E-state index < -0.39 is 5.97 Å². The van der Waals surface area contributed by atoms with Gasteiger partial charge in [0.15, 0.2) is 4.73 Å². The van der Waals surface area contributed by atoms with Gasteiger partial charge in [0.2, 0.25) is 0 Å². The Balaban J connectivity index is 2.91. The zero-order chi connectivity index (χ0) is 11.6. The van der Waals surface area contributed by atoms with Gasteiger partial charge < -0.3 is 10.1 Å². The first kappa shape index (κ1) is 12.2. The Labute approximate surface area is 97.2 Å². The van der Waals surface area contributed by atoms with Crippen molar-refractivity contribution >= 4 is 21.9 Å². The Morgan fingerprint density at radius 2 is 2.13 bits per heavy atom. The van der Waals surface area contributed by atoms with Gasteiger partial charge in [0, 0.05) is 11.1 Å². The first-order chi connectivity index (χ1) is 6.80. The van der Waals surface area contributed by atoms with Crippen LogP contribution in [0.1, 0.15) is 38.6 Å². The lowest BCUT2D eigenvalue weighted by atomic mass is 9.90. The molecule has 0 atom stereocenters. The van der Waals surface area contributed by atoms with Gasteiger partial charge in [0.1, 0.15) is 0 Å². The van der Waals surface area contributed by atoms with Crippen molar-refractivity contribution in [3.8, 4) is 0 Å². The molecule has 0 bridgehead atoms. The number of aryl methyl sites for hydroxylation is 1. The van der Waals surface area contributed by atoms with E-state index in [1.165, 1.54) is 0 Å². The maximum absolute atomic E-state index is 10.5. The van der Waals surface area contributed by atoms with E-state index in [1.807, 2.05) is 0 Å². The van der Waals surface area contributed by atoms with E-state index in [-0.39, 0.29) is 11.8 Å². The summed E-state index contributed by atoms with van der Waals surface area (Å²) >= 11 is 3.27. The lowest BCUT2D eigenvalue weighted by molar-refractivity contribution is -0.136. The van der Waals surface area contributed by atoms with Crippen LogP contribution in [-0.2, 0) is 16.6 Å². The largest absolute Gasteiger partial charge is 0.481 e. The molecular weight excluding hydrogens is 260 g/mol. The number of H-pyrrole nitrogens is 1. The summed E-state index contributed by atoms with van der Waals surface area (Å²) in [6.45, 7) is 6.17. The van der Waals surface area contributed by atoms with Crippen LogP contribution in [0.5, 0.6) is 0 Å². The summed E-state index contributed by atoms with van der Waals surface area (Å²) in [6, 6.07) is 0. The van der Waals surface area contributed by atoms with E-state index in [0.717, 1.165) is 11.4 Å². The molecule has 1 aromatic heterocycles. The molecule has 0 amide bonds. The Hall–Kier alpha value is -0.840. The summed E-state index contributed by atoms with van der Waals surface area (Å²) in [4.78, 5) is 17.9. The van der Waals surface area contributed by atoms with Crippen LogP contribution in [-0.4, -0.2) is 21.0 Å². The molecule has 1 rings (SSSR count). The number of carboxylic acids is 1. The van der Waals surface area contributed by atoms with Crippen LogP contribution in [0.15, 0.2) is 4.73 Å². The van der Waals surface area contributed by atoms with E-state index in [4.69, 9.17) is 5.11 Å². The summed E-state index contributed by atoms with van der Waals surface area (Å²) in [5.41, 5.74) is 1.75. The minimum atomic E-state index is -0.791. The van der Waals surface area contributed by atoms with E-state index in [1.54, 1.807) is 0 Å². The third kappa shape index (κ3) is 3.34. The molecule has 0 radical (unpaired) electrons. The second kappa shape index (κ2) is 4.35. The molecule has 1 aromatic rings. The predicted octanol–water partition coefficient (Wildman–Crippen LogP) is 2.49. The number of aromatic nitrogens is 2. The summed E-state index contributed by atoms with van der Waals surface area (Å²) in [6.07, 6.45) is 0.609. The van der Waals surface area contributed by atoms with Crippen molar-refractivity contribution in [2.24, 2.45) is 0 Å². The Morgan fingerprint density at radius 3 is 2.60 bits per heavy atom. The zero-order valence-corrected chi connectivity index (χ0v) is 10.7. The normalized spacial score (nSPS) is 11.7. The highest BCUT2D eigenvalue weighted by Gasteiger charge is 2.22. The molecule has 0 aliphatic heterocycles. The van der Waals surface area contributed by atoms with Crippen LogP contribution in [0.2, 0.25) is 0 Å². The molecule has 0 saturated heterocycles. The van der Waals surface area contributed by atoms with Gasteiger partial charge in [-0.1, -0.05) is 20.8 Å². The second-order valence-electron chi connectivity index (χ2n) is 4.50. The molecule has 5 heteroatoms. The van der Waals surface area contributed by atoms with Crippen LogP contribution in [0.25, 0.3) is 0 Å². The predicted molar refractivity (Wildman–Crippen MR) is 60.9 cm³/mol. The number of halogens is 1. The average molecular weight is 275 g/mol. The third-order valence-electron chi connectivity index (χ3n) is 2.05. The quantitative estimate of drug-likeness (QED) is 0.890. The van der Waals surface area contributed by atoms with Crippen molar-refractivity contribution in [1.82, 2.24) is 9.97 Å². The highest BCUT2D eigenvalue weighted by Crippen LogP contribution is 2.26. The summed E-state index contributed by atoms with van der Waals surface area (Å²) in [7, 11) is 0. The number of rotatable bonds is 3. The first-order valence-electron chi connectivity index (χ1n) is 4.77.